The average molecular weight is 323 g/mol. The Labute approximate surface area is 136 Å². The van der Waals surface area contributed by atoms with Crippen molar-refractivity contribution in [2.75, 3.05) is 7.11 Å². The number of carbonyl (C=O) groups excluding carboxylic acids is 2. The standard InChI is InChI=1S/C17H25NO3S/c1-4-11(2)15(17(20)21-3)18-16(19)14-10-12-8-6-5-7-9-13(12)22-14/h10-11,15H,4-9H2,1-3H3,(H,18,19)/t11-,15+/m1/s1. The number of carbonyl (C=O) groups is 2. The molecule has 1 heterocycles. The van der Waals surface area contributed by atoms with E-state index in [2.05, 4.69) is 5.32 Å². The fraction of sp³-hybridized carbons (Fsp3) is 0.647. The number of esters is 1. The fourth-order valence-electron chi connectivity index (χ4n) is 2.79. The van der Waals surface area contributed by atoms with E-state index in [1.54, 1.807) is 11.3 Å². The number of aryl methyl sites for hydroxylation is 2. The van der Waals surface area contributed by atoms with Crippen molar-refractivity contribution < 1.29 is 14.3 Å². The number of nitrogens with one attached hydrogen (secondary N) is 1. The number of rotatable bonds is 5. The van der Waals surface area contributed by atoms with Crippen LogP contribution in [0.1, 0.15) is 59.6 Å². The summed E-state index contributed by atoms with van der Waals surface area (Å²) in [4.78, 5) is 26.4. The van der Waals surface area contributed by atoms with Crippen LogP contribution in [0.15, 0.2) is 6.07 Å². The third-order valence-corrected chi connectivity index (χ3v) is 5.66. The van der Waals surface area contributed by atoms with Gasteiger partial charge in [0.2, 0.25) is 0 Å². The summed E-state index contributed by atoms with van der Waals surface area (Å²) in [6, 6.07) is 1.43. The van der Waals surface area contributed by atoms with E-state index in [0.29, 0.717) is 4.88 Å². The minimum Gasteiger partial charge on any atom is -0.467 e. The Hall–Kier alpha value is -1.36. The van der Waals surface area contributed by atoms with Gasteiger partial charge in [-0.05, 0) is 43.2 Å². The first-order valence-electron chi connectivity index (χ1n) is 8.07. The van der Waals surface area contributed by atoms with E-state index in [0.717, 1.165) is 19.3 Å². The summed E-state index contributed by atoms with van der Waals surface area (Å²) in [5.41, 5.74) is 1.31. The van der Waals surface area contributed by atoms with E-state index < -0.39 is 6.04 Å². The molecule has 1 N–H and O–H groups in total. The van der Waals surface area contributed by atoms with Crippen LogP contribution in [-0.4, -0.2) is 25.0 Å². The minimum absolute atomic E-state index is 0.0502. The third-order valence-electron chi connectivity index (χ3n) is 4.43. The second-order valence-electron chi connectivity index (χ2n) is 5.98. The largest absolute Gasteiger partial charge is 0.467 e. The van der Waals surface area contributed by atoms with Crippen molar-refractivity contribution in [3.63, 3.8) is 0 Å². The zero-order valence-electron chi connectivity index (χ0n) is 13.6. The maximum Gasteiger partial charge on any atom is 0.328 e. The van der Waals surface area contributed by atoms with Gasteiger partial charge in [-0.3, -0.25) is 4.79 Å². The first kappa shape index (κ1) is 17.0. The number of fused-ring (bicyclic) bond motifs is 1. The minimum atomic E-state index is -0.579. The molecule has 0 unspecified atom stereocenters. The summed E-state index contributed by atoms with van der Waals surface area (Å²) in [6.45, 7) is 3.95. The summed E-state index contributed by atoms with van der Waals surface area (Å²) in [7, 11) is 1.36. The van der Waals surface area contributed by atoms with Crippen molar-refractivity contribution in [2.45, 2.75) is 58.4 Å². The Kier molecular flexibility index (Phi) is 6.00. The van der Waals surface area contributed by atoms with Gasteiger partial charge in [0.05, 0.1) is 12.0 Å². The molecular formula is C17H25NO3S. The summed E-state index contributed by atoms with van der Waals surface area (Å²) in [6.07, 6.45) is 6.60. The topological polar surface area (TPSA) is 55.4 Å². The van der Waals surface area contributed by atoms with Crippen LogP contribution >= 0.6 is 11.3 Å². The molecule has 1 amide bonds. The molecule has 0 aliphatic heterocycles. The van der Waals surface area contributed by atoms with Crippen LogP contribution in [-0.2, 0) is 22.4 Å². The van der Waals surface area contributed by atoms with Gasteiger partial charge in [0, 0.05) is 4.88 Å². The zero-order valence-corrected chi connectivity index (χ0v) is 14.4. The van der Waals surface area contributed by atoms with Gasteiger partial charge in [-0.25, -0.2) is 4.79 Å². The molecule has 0 saturated heterocycles. The molecule has 5 heteroatoms. The Morgan fingerprint density at radius 1 is 1.32 bits per heavy atom. The third kappa shape index (κ3) is 3.88. The predicted molar refractivity (Wildman–Crippen MR) is 88.3 cm³/mol. The smallest absolute Gasteiger partial charge is 0.328 e. The van der Waals surface area contributed by atoms with Gasteiger partial charge >= 0.3 is 5.97 Å². The van der Waals surface area contributed by atoms with Crippen molar-refractivity contribution in [3.05, 3.63) is 21.4 Å². The summed E-state index contributed by atoms with van der Waals surface area (Å²) in [5.74, 6) is -0.483. The quantitative estimate of drug-likeness (QED) is 0.668. The van der Waals surface area contributed by atoms with Crippen molar-refractivity contribution in [1.29, 1.82) is 0 Å². The molecule has 0 bridgehead atoms. The highest BCUT2D eigenvalue weighted by molar-refractivity contribution is 7.14. The second-order valence-corrected chi connectivity index (χ2v) is 7.12. The lowest BCUT2D eigenvalue weighted by molar-refractivity contribution is -0.144. The van der Waals surface area contributed by atoms with Gasteiger partial charge in [-0.15, -0.1) is 11.3 Å². The lowest BCUT2D eigenvalue weighted by atomic mass is 9.99. The Bertz CT molecular complexity index is 515. The van der Waals surface area contributed by atoms with Crippen molar-refractivity contribution in [2.24, 2.45) is 5.92 Å². The normalized spacial score (nSPS) is 17.0. The molecule has 122 valence electrons. The highest BCUT2D eigenvalue weighted by Gasteiger charge is 2.28. The Morgan fingerprint density at radius 3 is 2.73 bits per heavy atom. The van der Waals surface area contributed by atoms with E-state index in [1.807, 2.05) is 19.9 Å². The zero-order chi connectivity index (χ0) is 16.1. The van der Waals surface area contributed by atoms with Gasteiger partial charge in [0.1, 0.15) is 6.04 Å². The van der Waals surface area contributed by atoms with Crippen LogP contribution in [0.3, 0.4) is 0 Å². The van der Waals surface area contributed by atoms with E-state index >= 15 is 0 Å². The Balaban J connectivity index is 2.11. The Morgan fingerprint density at radius 2 is 2.05 bits per heavy atom. The summed E-state index contributed by atoms with van der Waals surface area (Å²) < 4.78 is 4.82. The maximum absolute atomic E-state index is 12.5. The molecule has 4 nitrogen and oxygen atoms in total. The van der Waals surface area contributed by atoms with E-state index in [4.69, 9.17) is 4.74 Å². The maximum atomic E-state index is 12.5. The second kappa shape index (κ2) is 7.77. The molecule has 0 aromatic carbocycles. The summed E-state index contributed by atoms with van der Waals surface area (Å²) in [5, 5.41) is 2.86. The van der Waals surface area contributed by atoms with Gasteiger partial charge in [0.15, 0.2) is 0 Å². The lowest BCUT2D eigenvalue weighted by Gasteiger charge is -2.21. The first-order valence-corrected chi connectivity index (χ1v) is 8.88. The number of hydrogen-bond donors (Lipinski definition) is 1. The van der Waals surface area contributed by atoms with E-state index in [1.165, 1.54) is 36.8 Å². The molecule has 0 spiro atoms. The molecule has 0 fully saturated rings. The first-order chi connectivity index (χ1) is 10.6. The van der Waals surface area contributed by atoms with Crippen LogP contribution < -0.4 is 5.32 Å². The van der Waals surface area contributed by atoms with Gasteiger partial charge in [0.25, 0.3) is 5.91 Å². The lowest BCUT2D eigenvalue weighted by Crippen LogP contribution is -2.45. The van der Waals surface area contributed by atoms with Crippen LogP contribution in [0.2, 0.25) is 0 Å². The number of hydrogen-bond acceptors (Lipinski definition) is 4. The predicted octanol–water partition coefficient (Wildman–Crippen LogP) is 3.33. The van der Waals surface area contributed by atoms with Crippen LogP contribution in [0, 0.1) is 5.92 Å². The number of methoxy groups -OCH3 is 1. The van der Waals surface area contributed by atoms with Gasteiger partial charge in [-0.1, -0.05) is 26.7 Å². The molecule has 1 aromatic rings. The molecule has 1 aliphatic carbocycles. The molecule has 1 aromatic heterocycles. The number of amides is 1. The van der Waals surface area contributed by atoms with Crippen molar-refractivity contribution in [3.8, 4) is 0 Å². The van der Waals surface area contributed by atoms with Crippen LogP contribution in [0.4, 0.5) is 0 Å². The number of thiophene rings is 1. The highest BCUT2D eigenvalue weighted by atomic mass is 32.1. The summed E-state index contributed by atoms with van der Waals surface area (Å²) >= 11 is 1.57. The van der Waals surface area contributed by atoms with Crippen LogP contribution in [0.5, 0.6) is 0 Å². The molecule has 1 aliphatic rings. The van der Waals surface area contributed by atoms with Crippen molar-refractivity contribution in [1.82, 2.24) is 5.32 Å². The highest BCUT2D eigenvalue weighted by Crippen LogP contribution is 2.29. The molecular weight excluding hydrogens is 298 g/mol. The SMILES string of the molecule is CC[C@@H](C)[C@H](NC(=O)c1cc2c(s1)CCCCC2)C(=O)OC. The average Bonchev–Trinajstić information content (AvgIpc) is 2.82. The van der Waals surface area contributed by atoms with Crippen LogP contribution in [0.25, 0.3) is 0 Å². The fourth-order valence-corrected chi connectivity index (χ4v) is 3.94. The molecule has 2 rings (SSSR count). The molecule has 2 atom stereocenters. The van der Waals surface area contributed by atoms with Crippen molar-refractivity contribution >= 4 is 23.2 Å². The molecule has 0 radical (unpaired) electrons. The van der Waals surface area contributed by atoms with Gasteiger partial charge < -0.3 is 10.1 Å². The number of ether oxygens (including phenoxy) is 1. The van der Waals surface area contributed by atoms with Gasteiger partial charge in [-0.2, -0.15) is 0 Å². The van der Waals surface area contributed by atoms with E-state index in [-0.39, 0.29) is 17.8 Å². The molecule has 0 saturated carbocycles. The molecule has 22 heavy (non-hydrogen) atoms. The monoisotopic (exact) mass is 323 g/mol. The van der Waals surface area contributed by atoms with E-state index in [9.17, 15) is 9.59 Å².